The predicted octanol–water partition coefficient (Wildman–Crippen LogP) is 3.27. The second-order valence-corrected chi connectivity index (χ2v) is 3.64. The molecule has 2 aromatic rings. The summed E-state index contributed by atoms with van der Waals surface area (Å²) in [6.07, 6.45) is 3.13. The standard InChI is InChI=1S/C12H12ClN3O/c1-2-17-10-5-3-9(4-6-10)16-12-11(13)14-7-8-15-12/h3-8H,2H2,1H3,(H,15,16). The topological polar surface area (TPSA) is 47.0 Å². The lowest BCUT2D eigenvalue weighted by Crippen LogP contribution is -1.96. The first-order valence-corrected chi connectivity index (χ1v) is 5.64. The Morgan fingerprint density at radius 1 is 1.18 bits per heavy atom. The highest BCUT2D eigenvalue weighted by Crippen LogP contribution is 2.22. The Balaban J connectivity index is 2.11. The molecule has 0 amide bonds. The molecule has 0 saturated heterocycles. The quantitative estimate of drug-likeness (QED) is 0.903. The van der Waals surface area contributed by atoms with Gasteiger partial charge in [-0.1, -0.05) is 11.6 Å². The van der Waals surface area contributed by atoms with E-state index in [1.807, 2.05) is 31.2 Å². The van der Waals surface area contributed by atoms with Crippen molar-refractivity contribution in [3.63, 3.8) is 0 Å². The molecule has 1 aromatic heterocycles. The molecule has 0 radical (unpaired) electrons. The molecule has 0 spiro atoms. The van der Waals surface area contributed by atoms with Crippen LogP contribution in [0.4, 0.5) is 11.5 Å². The molecule has 0 aliphatic rings. The van der Waals surface area contributed by atoms with Crippen LogP contribution in [-0.2, 0) is 0 Å². The minimum Gasteiger partial charge on any atom is -0.494 e. The van der Waals surface area contributed by atoms with E-state index in [2.05, 4.69) is 15.3 Å². The fraction of sp³-hybridized carbons (Fsp3) is 0.167. The Morgan fingerprint density at radius 2 is 1.88 bits per heavy atom. The van der Waals surface area contributed by atoms with Crippen LogP contribution in [0, 0.1) is 0 Å². The number of ether oxygens (including phenoxy) is 1. The van der Waals surface area contributed by atoms with Gasteiger partial charge < -0.3 is 10.1 Å². The monoisotopic (exact) mass is 249 g/mol. The smallest absolute Gasteiger partial charge is 0.171 e. The van der Waals surface area contributed by atoms with Gasteiger partial charge in [-0.25, -0.2) is 9.97 Å². The zero-order chi connectivity index (χ0) is 12.1. The number of rotatable bonds is 4. The van der Waals surface area contributed by atoms with Crippen molar-refractivity contribution in [2.45, 2.75) is 6.92 Å². The number of aromatic nitrogens is 2. The van der Waals surface area contributed by atoms with Crippen molar-refractivity contribution in [3.05, 3.63) is 41.8 Å². The Labute approximate surface area is 105 Å². The van der Waals surface area contributed by atoms with Crippen LogP contribution >= 0.6 is 11.6 Å². The van der Waals surface area contributed by atoms with E-state index in [9.17, 15) is 0 Å². The van der Waals surface area contributed by atoms with Gasteiger partial charge in [0.05, 0.1) is 6.61 Å². The molecule has 1 N–H and O–H groups in total. The molecule has 1 heterocycles. The van der Waals surface area contributed by atoms with Crippen molar-refractivity contribution in [2.75, 3.05) is 11.9 Å². The Morgan fingerprint density at radius 3 is 2.53 bits per heavy atom. The summed E-state index contributed by atoms with van der Waals surface area (Å²) in [5.41, 5.74) is 0.885. The number of halogens is 1. The molecule has 5 heteroatoms. The summed E-state index contributed by atoms with van der Waals surface area (Å²) in [4.78, 5) is 8.03. The summed E-state index contributed by atoms with van der Waals surface area (Å²) in [7, 11) is 0. The van der Waals surface area contributed by atoms with Crippen LogP contribution in [0.2, 0.25) is 5.15 Å². The second kappa shape index (κ2) is 5.50. The lowest BCUT2D eigenvalue weighted by Gasteiger charge is -2.07. The number of benzene rings is 1. The normalized spacial score (nSPS) is 10.0. The molecule has 0 saturated carbocycles. The number of hydrogen-bond donors (Lipinski definition) is 1. The minimum absolute atomic E-state index is 0.349. The Kier molecular flexibility index (Phi) is 3.77. The van der Waals surface area contributed by atoms with E-state index in [1.165, 1.54) is 0 Å². The molecule has 17 heavy (non-hydrogen) atoms. The third kappa shape index (κ3) is 3.07. The zero-order valence-corrected chi connectivity index (χ0v) is 10.1. The van der Waals surface area contributed by atoms with Crippen LogP contribution in [-0.4, -0.2) is 16.6 Å². The maximum absolute atomic E-state index is 5.89. The third-order valence-corrected chi connectivity index (χ3v) is 2.36. The van der Waals surface area contributed by atoms with Crippen molar-refractivity contribution >= 4 is 23.1 Å². The van der Waals surface area contributed by atoms with Crippen LogP contribution in [0.25, 0.3) is 0 Å². The number of hydrogen-bond acceptors (Lipinski definition) is 4. The molecular weight excluding hydrogens is 238 g/mol. The van der Waals surface area contributed by atoms with Crippen molar-refractivity contribution in [1.82, 2.24) is 9.97 Å². The van der Waals surface area contributed by atoms with E-state index in [4.69, 9.17) is 16.3 Å². The summed E-state index contributed by atoms with van der Waals surface area (Å²) in [6, 6.07) is 7.57. The van der Waals surface area contributed by atoms with Gasteiger partial charge in [0, 0.05) is 18.1 Å². The van der Waals surface area contributed by atoms with Crippen LogP contribution in [0.3, 0.4) is 0 Å². The van der Waals surface area contributed by atoms with Gasteiger partial charge in [0.1, 0.15) is 5.75 Å². The van der Waals surface area contributed by atoms with E-state index in [0.29, 0.717) is 17.6 Å². The van der Waals surface area contributed by atoms with Gasteiger partial charge in [0.15, 0.2) is 11.0 Å². The third-order valence-electron chi connectivity index (χ3n) is 2.08. The zero-order valence-electron chi connectivity index (χ0n) is 9.35. The fourth-order valence-electron chi connectivity index (χ4n) is 1.34. The maximum Gasteiger partial charge on any atom is 0.171 e. The molecular formula is C12H12ClN3O. The molecule has 0 aliphatic carbocycles. The minimum atomic E-state index is 0.349. The summed E-state index contributed by atoms with van der Waals surface area (Å²) < 4.78 is 5.35. The SMILES string of the molecule is CCOc1ccc(Nc2nccnc2Cl)cc1. The van der Waals surface area contributed by atoms with E-state index in [0.717, 1.165) is 11.4 Å². The highest BCUT2D eigenvalue weighted by atomic mass is 35.5. The molecule has 0 fully saturated rings. The summed E-state index contributed by atoms with van der Waals surface area (Å²) in [5, 5.41) is 3.43. The number of nitrogens with zero attached hydrogens (tertiary/aromatic N) is 2. The lowest BCUT2D eigenvalue weighted by atomic mass is 10.3. The van der Waals surface area contributed by atoms with Gasteiger partial charge in [-0.05, 0) is 31.2 Å². The van der Waals surface area contributed by atoms with E-state index in [1.54, 1.807) is 12.4 Å². The molecule has 0 bridgehead atoms. The molecule has 0 atom stereocenters. The van der Waals surface area contributed by atoms with Gasteiger partial charge in [-0.3, -0.25) is 0 Å². The van der Waals surface area contributed by atoms with Gasteiger partial charge in [0.2, 0.25) is 0 Å². The molecule has 4 nitrogen and oxygen atoms in total. The van der Waals surface area contributed by atoms with Crippen molar-refractivity contribution in [3.8, 4) is 5.75 Å². The summed E-state index contributed by atoms with van der Waals surface area (Å²) in [5.74, 6) is 1.38. The molecule has 0 unspecified atom stereocenters. The van der Waals surface area contributed by atoms with Crippen LogP contribution in [0.1, 0.15) is 6.92 Å². The van der Waals surface area contributed by atoms with E-state index >= 15 is 0 Å². The van der Waals surface area contributed by atoms with Crippen LogP contribution < -0.4 is 10.1 Å². The Bertz CT molecular complexity index is 487. The first-order valence-electron chi connectivity index (χ1n) is 5.26. The van der Waals surface area contributed by atoms with Crippen molar-refractivity contribution < 1.29 is 4.74 Å². The molecule has 0 aliphatic heterocycles. The first kappa shape index (κ1) is 11.7. The first-order chi connectivity index (χ1) is 8.29. The molecule has 88 valence electrons. The van der Waals surface area contributed by atoms with Gasteiger partial charge in [0.25, 0.3) is 0 Å². The predicted molar refractivity (Wildman–Crippen MR) is 67.9 cm³/mol. The summed E-state index contributed by atoms with van der Waals surface area (Å²) >= 11 is 5.89. The highest BCUT2D eigenvalue weighted by molar-refractivity contribution is 6.31. The van der Waals surface area contributed by atoms with Gasteiger partial charge in [-0.15, -0.1) is 0 Å². The number of nitrogens with one attached hydrogen (secondary N) is 1. The lowest BCUT2D eigenvalue weighted by molar-refractivity contribution is 0.340. The molecule has 1 aromatic carbocycles. The van der Waals surface area contributed by atoms with Crippen molar-refractivity contribution in [2.24, 2.45) is 0 Å². The van der Waals surface area contributed by atoms with E-state index < -0.39 is 0 Å². The van der Waals surface area contributed by atoms with Crippen LogP contribution in [0.15, 0.2) is 36.7 Å². The fourth-order valence-corrected chi connectivity index (χ4v) is 1.50. The highest BCUT2D eigenvalue weighted by Gasteiger charge is 2.02. The Hall–Kier alpha value is -1.81. The van der Waals surface area contributed by atoms with Gasteiger partial charge >= 0.3 is 0 Å². The van der Waals surface area contributed by atoms with E-state index in [-0.39, 0.29) is 0 Å². The average molecular weight is 250 g/mol. The summed E-state index contributed by atoms with van der Waals surface area (Å²) in [6.45, 7) is 2.61. The average Bonchev–Trinajstić information content (AvgIpc) is 2.35. The molecule has 2 rings (SSSR count). The maximum atomic E-state index is 5.89. The van der Waals surface area contributed by atoms with Gasteiger partial charge in [-0.2, -0.15) is 0 Å². The second-order valence-electron chi connectivity index (χ2n) is 3.28. The number of anilines is 2. The largest absolute Gasteiger partial charge is 0.494 e. The van der Waals surface area contributed by atoms with Crippen LogP contribution in [0.5, 0.6) is 5.75 Å². The van der Waals surface area contributed by atoms with Crippen molar-refractivity contribution in [1.29, 1.82) is 0 Å².